The van der Waals surface area contributed by atoms with Gasteiger partial charge in [0.2, 0.25) is 0 Å². The van der Waals surface area contributed by atoms with Crippen molar-refractivity contribution in [3.8, 4) is 0 Å². The number of benzene rings is 2. The van der Waals surface area contributed by atoms with Crippen LogP contribution >= 0.6 is 0 Å². The summed E-state index contributed by atoms with van der Waals surface area (Å²) in [6.07, 6.45) is 1.30. The summed E-state index contributed by atoms with van der Waals surface area (Å²) >= 11 is 0. The van der Waals surface area contributed by atoms with Gasteiger partial charge in [-0.1, -0.05) is 67.6 Å². The maximum Gasteiger partial charge on any atom is 0.0698 e. The molecule has 0 heterocycles. The Labute approximate surface area is 134 Å². The molecule has 2 rings (SSSR count). The lowest BCUT2D eigenvalue weighted by Crippen LogP contribution is -2.42. The molecule has 2 nitrogen and oxygen atoms in total. The third-order valence-corrected chi connectivity index (χ3v) is 4.26. The smallest absolute Gasteiger partial charge is 0.0698 e. The highest BCUT2D eigenvalue weighted by Gasteiger charge is 2.23. The van der Waals surface area contributed by atoms with Gasteiger partial charge in [-0.2, -0.15) is 0 Å². The zero-order chi connectivity index (χ0) is 15.8. The lowest BCUT2D eigenvalue weighted by molar-refractivity contribution is 0.0159. The molecule has 0 N–H and O–H groups in total. The normalized spacial score (nSPS) is 14.0. The molecule has 118 valence electrons. The molecular weight excluding hydrogens is 270 g/mol. The summed E-state index contributed by atoms with van der Waals surface area (Å²) in [6, 6.07) is 21.8. The molecule has 0 spiro atoms. The van der Waals surface area contributed by atoms with E-state index in [0.717, 1.165) is 19.5 Å². The van der Waals surface area contributed by atoms with Gasteiger partial charge in [-0.15, -0.1) is 0 Å². The van der Waals surface area contributed by atoms with Crippen LogP contribution in [0.5, 0.6) is 0 Å². The van der Waals surface area contributed by atoms with Crippen LogP contribution in [0.4, 0.5) is 0 Å². The van der Waals surface area contributed by atoms with Gasteiger partial charge in [0.25, 0.3) is 0 Å². The highest BCUT2D eigenvalue weighted by molar-refractivity contribution is 5.17. The largest absolute Gasteiger partial charge is 0.380 e. The van der Waals surface area contributed by atoms with Crippen molar-refractivity contribution < 1.29 is 4.74 Å². The second-order valence-electron chi connectivity index (χ2n) is 5.79. The van der Waals surface area contributed by atoms with Gasteiger partial charge >= 0.3 is 0 Å². The van der Waals surface area contributed by atoms with E-state index in [1.165, 1.54) is 11.1 Å². The molecule has 22 heavy (non-hydrogen) atoms. The van der Waals surface area contributed by atoms with Gasteiger partial charge in [-0.05, 0) is 24.5 Å². The number of hydrogen-bond donors (Lipinski definition) is 0. The van der Waals surface area contributed by atoms with E-state index in [9.17, 15) is 0 Å². The first-order valence-corrected chi connectivity index (χ1v) is 8.09. The molecule has 0 fully saturated rings. The fourth-order valence-corrected chi connectivity index (χ4v) is 2.97. The van der Waals surface area contributed by atoms with E-state index >= 15 is 0 Å². The molecule has 0 bridgehead atoms. The standard InChI is InChI=1S/C20H27NO/c1-4-20(17(2)22-3)21(15-18-11-7-5-8-12-18)16-19-13-9-6-10-14-19/h5-14,17,20H,4,15-16H2,1-3H3. The Kier molecular flexibility index (Phi) is 6.63. The van der Waals surface area contributed by atoms with E-state index in [4.69, 9.17) is 4.74 Å². The van der Waals surface area contributed by atoms with Crippen molar-refractivity contribution in [1.29, 1.82) is 0 Å². The summed E-state index contributed by atoms with van der Waals surface area (Å²) in [6.45, 7) is 6.30. The van der Waals surface area contributed by atoms with Gasteiger partial charge in [-0.25, -0.2) is 0 Å². The van der Waals surface area contributed by atoms with Crippen LogP contribution in [0.3, 0.4) is 0 Å². The minimum Gasteiger partial charge on any atom is -0.380 e. The Morgan fingerprint density at radius 1 is 0.864 bits per heavy atom. The molecule has 0 amide bonds. The highest BCUT2D eigenvalue weighted by atomic mass is 16.5. The number of ether oxygens (including phenoxy) is 1. The third kappa shape index (κ3) is 4.69. The minimum absolute atomic E-state index is 0.220. The Morgan fingerprint density at radius 2 is 1.32 bits per heavy atom. The molecule has 0 aliphatic heterocycles. The number of nitrogens with zero attached hydrogens (tertiary/aromatic N) is 1. The second-order valence-corrected chi connectivity index (χ2v) is 5.79. The Morgan fingerprint density at radius 3 is 1.68 bits per heavy atom. The van der Waals surface area contributed by atoms with Crippen molar-refractivity contribution in [1.82, 2.24) is 4.90 Å². The molecule has 0 radical (unpaired) electrons. The average Bonchev–Trinajstić information content (AvgIpc) is 2.57. The quantitative estimate of drug-likeness (QED) is 0.711. The summed E-state index contributed by atoms with van der Waals surface area (Å²) < 4.78 is 5.62. The summed E-state index contributed by atoms with van der Waals surface area (Å²) in [5, 5.41) is 0. The van der Waals surface area contributed by atoms with Crippen molar-refractivity contribution in [2.45, 2.75) is 45.5 Å². The topological polar surface area (TPSA) is 12.5 Å². The molecule has 0 saturated heterocycles. The van der Waals surface area contributed by atoms with Crippen LogP contribution in [0.1, 0.15) is 31.4 Å². The molecule has 2 heteroatoms. The Hall–Kier alpha value is -1.64. The van der Waals surface area contributed by atoms with Crippen LogP contribution in [0.15, 0.2) is 60.7 Å². The molecule has 0 aliphatic carbocycles. The van der Waals surface area contributed by atoms with E-state index < -0.39 is 0 Å². The van der Waals surface area contributed by atoms with E-state index in [1.54, 1.807) is 7.11 Å². The van der Waals surface area contributed by atoms with Crippen LogP contribution in [0, 0.1) is 0 Å². The van der Waals surface area contributed by atoms with E-state index in [1.807, 2.05) is 0 Å². The molecule has 2 unspecified atom stereocenters. The predicted octanol–water partition coefficient (Wildman–Crippen LogP) is 4.50. The van der Waals surface area contributed by atoms with Crippen LogP contribution in [0.2, 0.25) is 0 Å². The van der Waals surface area contributed by atoms with Gasteiger partial charge in [0, 0.05) is 26.2 Å². The maximum atomic E-state index is 5.62. The van der Waals surface area contributed by atoms with Gasteiger partial charge in [0.05, 0.1) is 6.10 Å². The molecule has 2 aromatic carbocycles. The lowest BCUT2D eigenvalue weighted by Gasteiger charge is -2.34. The maximum absolute atomic E-state index is 5.62. The van der Waals surface area contributed by atoms with Crippen LogP contribution in [0.25, 0.3) is 0 Å². The minimum atomic E-state index is 0.220. The zero-order valence-electron chi connectivity index (χ0n) is 13.9. The molecule has 0 saturated carbocycles. The first-order valence-electron chi connectivity index (χ1n) is 8.09. The highest BCUT2D eigenvalue weighted by Crippen LogP contribution is 2.19. The molecule has 0 aromatic heterocycles. The van der Waals surface area contributed by atoms with Crippen LogP contribution in [-0.2, 0) is 17.8 Å². The summed E-state index contributed by atoms with van der Waals surface area (Å²) in [4.78, 5) is 2.53. The summed E-state index contributed by atoms with van der Waals surface area (Å²) in [5.41, 5.74) is 2.69. The molecular formula is C20H27NO. The van der Waals surface area contributed by atoms with Crippen molar-refractivity contribution in [2.24, 2.45) is 0 Å². The van der Waals surface area contributed by atoms with Gasteiger partial charge in [-0.3, -0.25) is 4.90 Å². The van der Waals surface area contributed by atoms with Crippen molar-refractivity contribution in [3.63, 3.8) is 0 Å². The molecule has 2 aromatic rings. The fourth-order valence-electron chi connectivity index (χ4n) is 2.97. The first kappa shape index (κ1) is 16.7. The second kappa shape index (κ2) is 8.72. The van der Waals surface area contributed by atoms with Crippen molar-refractivity contribution in [2.75, 3.05) is 7.11 Å². The lowest BCUT2D eigenvalue weighted by atomic mass is 10.0. The van der Waals surface area contributed by atoms with Crippen molar-refractivity contribution in [3.05, 3.63) is 71.8 Å². The van der Waals surface area contributed by atoms with Gasteiger partial charge in [0.1, 0.15) is 0 Å². The Balaban J connectivity index is 2.19. The fraction of sp³-hybridized carbons (Fsp3) is 0.400. The summed E-state index contributed by atoms with van der Waals surface area (Å²) in [7, 11) is 1.80. The number of hydrogen-bond acceptors (Lipinski definition) is 2. The Bertz CT molecular complexity index is 484. The average molecular weight is 297 g/mol. The van der Waals surface area contributed by atoms with Crippen molar-refractivity contribution >= 4 is 0 Å². The zero-order valence-corrected chi connectivity index (χ0v) is 13.9. The number of rotatable bonds is 8. The monoisotopic (exact) mass is 297 g/mol. The van der Waals surface area contributed by atoms with Gasteiger partial charge in [0.15, 0.2) is 0 Å². The molecule has 0 aliphatic rings. The first-order chi connectivity index (χ1) is 10.7. The summed E-state index contributed by atoms with van der Waals surface area (Å²) in [5.74, 6) is 0. The van der Waals surface area contributed by atoms with E-state index in [2.05, 4.69) is 79.4 Å². The van der Waals surface area contributed by atoms with E-state index in [-0.39, 0.29) is 6.10 Å². The SMILES string of the molecule is CCC(C(C)OC)N(Cc1ccccc1)Cc1ccccc1. The third-order valence-electron chi connectivity index (χ3n) is 4.26. The van der Waals surface area contributed by atoms with Crippen LogP contribution in [-0.4, -0.2) is 24.2 Å². The number of methoxy groups -OCH3 is 1. The van der Waals surface area contributed by atoms with E-state index in [0.29, 0.717) is 6.04 Å². The molecule has 2 atom stereocenters. The van der Waals surface area contributed by atoms with Crippen LogP contribution < -0.4 is 0 Å². The van der Waals surface area contributed by atoms with Gasteiger partial charge < -0.3 is 4.74 Å². The predicted molar refractivity (Wildman–Crippen MR) is 92.7 cm³/mol.